The molecule has 1 fully saturated rings. The zero-order chi connectivity index (χ0) is 20.5. The van der Waals surface area contributed by atoms with E-state index in [4.69, 9.17) is 9.97 Å². The zero-order valence-corrected chi connectivity index (χ0v) is 18.0. The second-order valence-corrected chi connectivity index (χ2v) is 8.82. The summed E-state index contributed by atoms with van der Waals surface area (Å²) in [7, 11) is 0. The van der Waals surface area contributed by atoms with Gasteiger partial charge in [0.05, 0.1) is 15.9 Å². The number of nitrogens with zero attached hydrogens (tertiary/aromatic N) is 5. The molecule has 5 heterocycles. The molecule has 152 valence electrons. The van der Waals surface area contributed by atoms with Gasteiger partial charge in [-0.3, -0.25) is 9.88 Å². The molecule has 0 amide bonds. The summed E-state index contributed by atoms with van der Waals surface area (Å²) in [6.07, 6.45) is 6.25. The Morgan fingerprint density at radius 1 is 1.00 bits per heavy atom. The molecule has 1 aliphatic rings. The normalized spacial score (nSPS) is 14.5. The summed E-state index contributed by atoms with van der Waals surface area (Å²) in [6.45, 7) is 7.43. The molecule has 0 aliphatic carbocycles. The van der Waals surface area contributed by atoms with E-state index in [2.05, 4.69) is 46.2 Å². The standard InChI is InChI=1S/C23H24N6S/c1-15-7-8-20(26-18(15)14-29-10-3-4-11-29)28-21-12-17-19(13-25-21)30-23(27-17)22-16(2)6-5-9-24-22/h5-9,12-13H,3-4,10-11,14H2,1-2H3,(H,25,26,28). The number of thiazole rings is 1. The number of nitrogens with one attached hydrogen (secondary N) is 1. The Morgan fingerprint density at radius 3 is 2.70 bits per heavy atom. The predicted octanol–water partition coefficient (Wildman–Crippen LogP) is 5.10. The molecular formula is C23H24N6S. The molecule has 0 saturated carbocycles. The first kappa shape index (κ1) is 19.1. The van der Waals surface area contributed by atoms with Gasteiger partial charge in [0.2, 0.25) is 0 Å². The van der Waals surface area contributed by atoms with Crippen LogP contribution in [0.2, 0.25) is 0 Å². The van der Waals surface area contributed by atoms with Crippen LogP contribution in [0.4, 0.5) is 11.6 Å². The first-order chi connectivity index (χ1) is 14.7. The minimum Gasteiger partial charge on any atom is -0.325 e. The van der Waals surface area contributed by atoms with Gasteiger partial charge in [-0.15, -0.1) is 11.3 Å². The number of pyridine rings is 3. The maximum absolute atomic E-state index is 4.85. The predicted molar refractivity (Wildman–Crippen MR) is 122 cm³/mol. The fraction of sp³-hybridized carbons (Fsp3) is 0.304. The maximum atomic E-state index is 4.85. The fourth-order valence-corrected chi connectivity index (χ4v) is 4.78. The smallest absolute Gasteiger partial charge is 0.143 e. The van der Waals surface area contributed by atoms with E-state index >= 15 is 0 Å². The lowest BCUT2D eigenvalue weighted by Crippen LogP contribution is -2.20. The van der Waals surface area contributed by atoms with Gasteiger partial charge < -0.3 is 5.32 Å². The number of likely N-dealkylation sites (tertiary alicyclic amines) is 1. The molecule has 5 rings (SSSR count). The Kier molecular flexibility index (Phi) is 5.14. The van der Waals surface area contributed by atoms with Gasteiger partial charge in [-0.1, -0.05) is 12.1 Å². The van der Waals surface area contributed by atoms with Crippen LogP contribution in [0.15, 0.2) is 42.7 Å². The molecule has 0 atom stereocenters. The molecule has 30 heavy (non-hydrogen) atoms. The van der Waals surface area contributed by atoms with E-state index in [1.165, 1.54) is 31.5 Å². The zero-order valence-electron chi connectivity index (χ0n) is 17.2. The number of aromatic nitrogens is 4. The average molecular weight is 417 g/mol. The lowest BCUT2D eigenvalue weighted by atomic mass is 10.2. The summed E-state index contributed by atoms with van der Waals surface area (Å²) in [5.41, 5.74) is 5.33. The highest BCUT2D eigenvalue weighted by molar-refractivity contribution is 7.21. The van der Waals surface area contributed by atoms with Crippen LogP contribution < -0.4 is 5.32 Å². The molecule has 7 heteroatoms. The first-order valence-electron chi connectivity index (χ1n) is 10.3. The highest BCUT2D eigenvalue weighted by Crippen LogP contribution is 2.31. The van der Waals surface area contributed by atoms with Gasteiger partial charge in [0.1, 0.15) is 22.3 Å². The number of rotatable bonds is 5. The Balaban J connectivity index is 1.39. The summed E-state index contributed by atoms with van der Waals surface area (Å²) in [5, 5.41) is 4.28. The fourth-order valence-electron chi connectivity index (χ4n) is 3.80. The minimum atomic E-state index is 0.751. The van der Waals surface area contributed by atoms with Crippen molar-refractivity contribution in [3.63, 3.8) is 0 Å². The molecule has 0 aromatic carbocycles. The topological polar surface area (TPSA) is 66.8 Å². The van der Waals surface area contributed by atoms with Crippen LogP contribution in [0.1, 0.15) is 29.7 Å². The van der Waals surface area contributed by atoms with Crippen molar-refractivity contribution in [1.29, 1.82) is 0 Å². The molecule has 1 saturated heterocycles. The van der Waals surface area contributed by atoms with Gasteiger partial charge in [-0.2, -0.15) is 0 Å². The molecule has 1 N–H and O–H groups in total. The highest BCUT2D eigenvalue weighted by atomic mass is 32.1. The Bertz CT molecular complexity index is 1200. The van der Waals surface area contributed by atoms with Crippen molar-refractivity contribution in [3.05, 3.63) is 59.5 Å². The molecule has 6 nitrogen and oxygen atoms in total. The van der Waals surface area contributed by atoms with Gasteiger partial charge >= 0.3 is 0 Å². The quantitative estimate of drug-likeness (QED) is 0.488. The molecule has 0 bridgehead atoms. The van der Waals surface area contributed by atoms with E-state index in [0.29, 0.717) is 0 Å². The van der Waals surface area contributed by atoms with Gasteiger partial charge in [0.25, 0.3) is 0 Å². The van der Waals surface area contributed by atoms with Crippen molar-refractivity contribution >= 4 is 33.2 Å². The van der Waals surface area contributed by atoms with E-state index in [9.17, 15) is 0 Å². The number of hydrogen-bond acceptors (Lipinski definition) is 7. The van der Waals surface area contributed by atoms with Crippen LogP contribution in [0.5, 0.6) is 0 Å². The Hall–Kier alpha value is -2.90. The highest BCUT2D eigenvalue weighted by Gasteiger charge is 2.15. The van der Waals surface area contributed by atoms with Crippen molar-refractivity contribution in [3.8, 4) is 10.7 Å². The molecule has 0 spiro atoms. The van der Waals surface area contributed by atoms with Crippen LogP contribution >= 0.6 is 11.3 Å². The molecule has 0 unspecified atom stereocenters. The summed E-state index contributed by atoms with van der Waals surface area (Å²) in [6, 6.07) is 10.1. The van der Waals surface area contributed by atoms with Crippen LogP contribution in [0.25, 0.3) is 20.9 Å². The van der Waals surface area contributed by atoms with E-state index in [1.807, 2.05) is 30.6 Å². The van der Waals surface area contributed by atoms with Gasteiger partial charge in [0.15, 0.2) is 0 Å². The largest absolute Gasteiger partial charge is 0.325 e. The van der Waals surface area contributed by atoms with E-state index in [-0.39, 0.29) is 0 Å². The first-order valence-corrected chi connectivity index (χ1v) is 11.1. The number of anilines is 2. The summed E-state index contributed by atoms with van der Waals surface area (Å²) < 4.78 is 1.05. The molecule has 4 aromatic rings. The van der Waals surface area contributed by atoms with Crippen LogP contribution in [-0.4, -0.2) is 37.9 Å². The SMILES string of the molecule is Cc1ccc(Nc2cc3nc(-c4ncccc4C)sc3cn2)nc1CN1CCCC1. The van der Waals surface area contributed by atoms with Crippen molar-refractivity contribution in [1.82, 2.24) is 24.8 Å². The Morgan fingerprint density at radius 2 is 1.87 bits per heavy atom. The second kappa shape index (κ2) is 8.08. The molecular weight excluding hydrogens is 392 g/mol. The van der Waals surface area contributed by atoms with Crippen molar-refractivity contribution < 1.29 is 0 Å². The minimum absolute atomic E-state index is 0.751. The Labute approximate surface area is 180 Å². The van der Waals surface area contributed by atoms with E-state index < -0.39 is 0 Å². The summed E-state index contributed by atoms with van der Waals surface area (Å²) in [5.74, 6) is 1.57. The third kappa shape index (κ3) is 3.91. The van der Waals surface area contributed by atoms with Gasteiger partial charge in [-0.25, -0.2) is 15.0 Å². The second-order valence-electron chi connectivity index (χ2n) is 7.79. The van der Waals surface area contributed by atoms with Gasteiger partial charge in [0, 0.05) is 25.0 Å². The molecule has 1 aliphatic heterocycles. The van der Waals surface area contributed by atoms with E-state index in [1.54, 1.807) is 11.3 Å². The lowest BCUT2D eigenvalue weighted by Gasteiger charge is -2.16. The van der Waals surface area contributed by atoms with E-state index in [0.717, 1.165) is 50.4 Å². The van der Waals surface area contributed by atoms with Crippen LogP contribution in [0, 0.1) is 13.8 Å². The third-order valence-corrected chi connectivity index (χ3v) is 6.53. The monoisotopic (exact) mass is 416 g/mol. The summed E-state index contributed by atoms with van der Waals surface area (Å²) in [4.78, 5) is 21.2. The van der Waals surface area contributed by atoms with Crippen LogP contribution in [-0.2, 0) is 6.54 Å². The molecule has 0 radical (unpaired) electrons. The lowest BCUT2D eigenvalue weighted by molar-refractivity contribution is 0.326. The number of fused-ring (bicyclic) bond motifs is 1. The van der Waals surface area contributed by atoms with Crippen molar-refractivity contribution in [2.45, 2.75) is 33.2 Å². The number of aryl methyl sites for hydroxylation is 2. The van der Waals surface area contributed by atoms with Crippen molar-refractivity contribution in [2.24, 2.45) is 0 Å². The summed E-state index contributed by atoms with van der Waals surface area (Å²) >= 11 is 1.62. The average Bonchev–Trinajstić information content (AvgIpc) is 3.40. The number of hydrogen-bond donors (Lipinski definition) is 1. The van der Waals surface area contributed by atoms with Crippen molar-refractivity contribution in [2.75, 3.05) is 18.4 Å². The van der Waals surface area contributed by atoms with Gasteiger partial charge in [-0.05, 0) is 63.0 Å². The van der Waals surface area contributed by atoms with Crippen LogP contribution in [0.3, 0.4) is 0 Å². The third-order valence-electron chi connectivity index (χ3n) is 5.52. The molecule has 4 aromatic heterocycles. The maximum Gasteiger partial charge on any atom is 0.143 e.